The topological polar surface area (TPSA) is 229 Å². The van der Waals surface area contributed by atoms with Crippen molar-refractivity contribution in [1.82, 2.24) is 10.2 Å². The summed E-state index contributed by atoms with van der Waals surface area (Å²) in [5.41, 5.74) is 6.40. The Balaban J connectivity index is 1.44. The van der Waals surface area contributed by atoms with Crippen molar-refractivity contribution < 1.29 is 54.2 Å². The van der Waals surface area contributed by atoms with Crippen LogP contribution in [0.25, 0.3) is 0 Å². The minimum atomic E-state index is -1.96. The van der Waals surface area contributed by atoms with Crippen molar-refractivity contribution in [3.63, 3.8) is 0 Å². The molecule has 3 aliphatic heterocycles. The predicted octanol–water partition coefficient (Wildman–Crippen LogP) is -2.63. The van der Waals surface area contributed by atoms with Crippen molar-refractivity contribution in [2.24, 2.45) is 5.73 Å². The number of aliphatic hydroxyl groups excluding tert-OH is 3. The van der Waals surface area contributed by atoms with E-state index in [2.05, 4.69) is 5.32 Å². The smallest absolute Gasteiger partial charge is 0.335 e. The highest BCUT2D eigenvalue weighted by Gasteiger charge is 2.65. The quantitative estimate of drug-likeness (QED) is 0.145. The number of aliphatic carboxylic acids is 1. The molecular formula is C22H27N3O11S. The van der Waals surface area contributed by atoms with Gasteiger partial charge >= 0.3 is 11.9 Å². The standard InChI is InChI=1S/C22H27N3O11S/c1-22(2)15(20(34)36-21-13(29)11(27)12(28)14(35-21)19(32)33)25-17(31)10(18(25)37-22)24-16(30)9(23)7-3-5-8(26)6-4-7/h3-6,9-15,18,21,26-29H,23H2,1-2H3,(H,24,30)(H,32,33)/t9-,10-,11?,12?,13?,14?,15+,18-,21?/m1/s1. The van der Waals surface area contributed by atoms with E-state index in [9.17, 15) is 44.7 Å². The van der Waals surface area contributed by atoms with Crippen LogP contribution in [-0.4, -0.2) is 107 Å². The van der Waals surface area contributed by atoms with Crippen LogP contribution in [0.4, 0.5) is 0 Å². The Morgan fingerprint density at radius 2 is 1.76 bits per heavy atom. The first-order valence-corrected chi connectivity index (χ1v) is 12.1. The average Bonchev–Trinajstić information content (AvgIpc) is 3.10. The second kappa shape index (κ2) is 9.74. The monoisotopic (exact) mass is 541 g/mol. The minimum absolute atomic E-state index is 0.000926. The molecule has 37 heavy (non-hydrogen) atoms. The van der Waals surface area contributed by atoms with Gasteiger partial charge in [-0.2, -0.15) is 0 Å². The van der Waals surface area contributed by atoms with E-state index >= 15 is 0 Å². The number of carboxylic acid groups (broad SMARTS) is 1. The first-order valence-electron chi connectivity index (χ1n) is 11.2. The number of carbonyl (C=O) groups is 4. The molecule has 0 aromatic heterocycles. The van der Waals surface area contributed by atoms with Crippen LogP contribution in [0.5, 0.6) is 5.75 Å². The van der Waals surface area contributed by atoms with Crippen LogP contribution in [0, 0.1) is 0 Å². The summed E-state index contributed by atoms with van der Waals surface area (Å²) < 4.78 is 9.23. The number of fused-ring (bicyclic) bond motifs is 1. The molecule has 0 bridgehead atoms. The van der Waals surface area contributed by atoms with Crippen LogP contribution in [0.3, 0.4) is 0 Å². The number of aliphatic hydroxyl groups is 3. The van der Waals surface area contributed by atoms with E-state index in [1.165, 1.54) is 40.9 Å². The predicted molar refractivity (Wildman–Crippen MR) is 123 cm³/mol. The molecule has 3 aliphatic rings. The van der Waals surface area contributed by atoms with Crippen LogP contribution >= 0.6 is 11.8 Å². The molecule has 8 N–H and O–H groups in total. The molecule has 1 aromatic carbocycles. The molecule has 3 saturated heterocycles. The van der Waals surface area contributed by atoms with E-state index < -0.39 is 82.7 Å². The molecule has 1 aromatic rings. The van der Waals surface area contributed by atoms with Crippen molar-refractivity contribution in [2.45, 2.75) is 72.8 Å². The first kappa shape index (κ1) is 27.1. The van der Waals surface area contributed by atoms with Gasteiger partial charge in [0.2, 0.25) is 18.1 Å². The Morgan fingerprint density at radius 1 is 1.14 bits per heavy atom. The van der Waals surface area contributed by atoms with E-state index in [4.69, 9.17) is 15.2 Å². The van der Waals surface area contributed by atoms with Gasteiger partial charge in [0.1, 0.15) is 47.6 Å². The largest absolute Gasteiger partial charge is 0.508 e. The number of β-lactam (4-membered cyclic amide) rings is 1. The van der Waals surface area contributed by atoms with Gasteiger partial charge in [-0.25, -0.2) is 9.59 Å². The Labute approximate surface area is 214 Å². The van der Waals surface area contributed by atoms with E-state index in [1.54, 1.807) is 13.8 Å². The molecule has 2 amide bonds. The summed E-state index contributed by atoms with van der Waals surface area (Å²) in [6.45, 7) is 3.32. The summed E-state index contributed by atoms with van der Waals surface area (Å²) in [7, 11) is 0. The SMILES string of the molecule is CC1(C)S[C@@H]2[C@H](NC(=O)[C@H](N)c3ccc(O)cc3)C(=O)N2[C@H]1C(=O)OC1OC(C(=O)O)C(O)C(O)C1O. The number of phenolic OH excluding ortho intramolecular Hbond substituents is 1. The summed E-state index contributed by atoms with van der Waals surface area (Å²) in [5, 5.41) is 50.4. The number of carboxylic acids is 1. The molecule has 5 unspecified atom stereocenters. The lowest BCUT2D eigenvalue weighted by Crippen LogP contribution is -2.71. The number of phenols is 1. The average molecular weight is 542 g/mol. The third kappa shape index (κ3) is 4.73. The first-order chi connectivity index (χ1) is 17.2. The molecule has 4 rings (SSSR count). The maximum absolute atomic E-state index is 13.1. The lowest BCUT2D eigenvalue weighted by molar-refractivity contribution is -0.287. The Bertz CT molecular complexity index is 1100. The number of aromatic hydroxyl groups is 1. The zero-order valence-electron chi connectivity index (χ0n) is 19.6. The molecule has 0 spiro atoms. The van der Waals surface area contributed by atoms with E-state index in [1.807, 2.05) is 0 Å². The number of thioether (sulfide) groups is 1. The van der Waals surface area contributed by atoms with Crippen LogP contribution in [0.2, 0.25) is 0 Å². The van der Waals surface area contributed by atoms with Gasteiger partial charge in [-0.1, -0.05) is 12.1 Å². The molecule has 3 heterocycles. The number of hydrogen-bond donors (Lipinski definition) is 7. The Morgan fingerprint density at radius 3 is 2.35 bits per heavy atom. The van der Waals surface area contributed by atoms with Crippen molar-refractivity contribution in [3.8, 4) is 5.75 Å². The lowest BCUT2D eigenvalue weighted by Gasteiger charge is -2.44. The van der Waals surface area contributed by atoms with Gasteiger partial charge in [-0.05, 0) is 31.5 Å². The highest BCUT2D eigenvalue weighted by atomic mass is 32.2. The van der Waals surface area contributed by atoms with E-state index in [-0.39, 0.29) is 5.75 Å². The van der Waals surface area contributed by atoms with Crippen LogP contribution in [0.1, 0.15) is 25.5 Å². The van der Waals surface area contributed by atoms with Crippen LogP contribution in [0.15, 0.2) is 24.3 Å². The number of amides is 2. The summed E-state index contributed by atoms with van der Waals surface area (Å²) in [6.07, 6.45) is -9.74. The third-order valence-corrected chi connectivity index (χ3v) is 8.11. The fraction of sp³-hybridized carbons (Fsp3) is 0.545. The maximum Gasteiger partial charge on any atom is 0.335 e. The normalized spacial score (nSPS) is 35.2. The fourth-order valence-electron chi connectivity index (χ4n) is 4.53. The number of benzene rings is 1. The number of nitrogens with zero attached hydrogens (tertiary/aromatic N) is 1. The molecule has 9 atom stereocenters. The van der Waals surface area contributed by atoms with Gasteiger partial charge in [0.15, 0.2) is 6.10 Å². The van der Waals surface area contributed by atoms with Gasteiger partial charge < -0.3 is 51.0 Å². The fourth-order valence-corrected chi connectivity index (χ4v) is 6.15. The number of hydrogen-bond acceptors (Lipinski definition) is 12. The number of rotatable bonds is 6. The zero-order chi connectivity index (χ0) is 27.4. The summed E-state index contributed by atoms with van der Waals surface area (Å²) in [5.74, 6) is -3.90. The Kier molecular flexibility index (Phi) is 7.13. The number of nitrogens with one attached hydrogen (secondary N) is 1. The number of nitrogens with two attached hydrogens (primary N) is 1. The van der Waals surface area contributed by atoms with Crippen molar-refractivity contribution >= 4 is 35.5 Å². The number of esters is 1. The van der Waals surface area contributed by atoms with Gasteiger partial charge in [0, 0.05) is 4.75 Å². The van der Waals surface area contributed by atoms with E-state index in [0.717, 1.165) is 0 Å². The molecule has 14 nitrogen and oxygen atoms in total. The second-order valence-electron chi connectivity index (χ2n) is 9.49. The van der Waals surface area contributed by atoms with Gasteiger partial charge in [0.25, 0.3) is 0 Å². The maximum atomic E-state index is 13.1. The third-order valence-electron chi connectivity index (χ3n) is 6.54. The molecule has 0 radical (unpaired) electrons. The molecule has 15 heteroatoms. The second-order valence-corrected chi connectivity index (χ2v) is 11.3. The summed E-state index contributed by atoms with van der Waals surface area (Å²) >= 11 is 1.22. The molecule has 0 aliphatic carbocycles. The lowest BCUT2D eigenvalue weighted by atomic mass is 9.95. The van der Waals surface area contributed by atoms with Gasteiger partial charge in [-0.15, -0.1) is 11.8 Å². The highest BCUT2D eigenvalue weighted by Crippen LogP contribution is 2.51. The summed E-state index contributed by atoms with van der Waals surface area (Å²) in [6, 6.07) is 2.39. The number of ether oxygens (including phenoxy) is 2. The van der Waals surface area contributed by atoms with Crippen molar-refractivity contribution in [3.05, 3.63) is 29.8 Å². The molecule has 3 fully saturated rings. The van der Waals surface area contributed by atoms with Gasteiger partial charge in [0.05, 0.1) is 0 Å². The molecular weight excluding hydrogens is 514 g/mol. The van der Waals surface area contributed by atoms with Crippen LogP contribution < -0.4 is 11.1 Å². The van der Waals surface area contributed by atoms with E-state index in [0.29, 0.717) is 5.56 Å². The zero-order valence-corrected chi connectivity index (χ0v) is 20.4. The number of carbonyl (C=O) groups excluding carboxylic acids is 3. The van der Waals surface area contributed by atoms with Crippen LogP contribution in [-0.2, 0) is 28.7 Å². The van der Waals surface area contributed by atoms with Crippen molar-refractivity contribution in [1.29, 1.82) is 0 Å². The summed E-state index contributed by atoms with van der Waals surface area (Å²) in [4.78, 5) is 51.2. The molecule has 202 valence electrons. The Hall–Kier alpha value is -2.95. The molecule has 0 saturated carbocycles. The van der Waals surface area contributed by atoms with Gasteiger partial charge in [-0.3, -0.25) is 9.59 Å². The minimum Gasteiger partial charge on any atom is -0.508 e. The van der Waals surface area contributed by atoms with Crippen molar-refractivity contribution in [2.75, 3.05) is 0 Å². The highest BCUT2D eigenvalue weighted by molar-refractivity contribution is 8.01.